The van der Waals surface area contributed by atoms with Crippen LogP contribution in [0.4, 0.5) is 0 Å². The summed E-state index contributed by atoms with van der Waals surface area (Å²) in [6.45, 7) is 3.62. The molecule has 1 heterocycles. The maximum Gasteiger partial charge on any atom is 0.138 e. The standard InChI is InChI=1S/C14H15BrN2OS/c1-9-13(10(2)18)7-16-14(17-9)8-19-12-5-3-4-11(15)6-12/h3-7,10,18H,8H2,1-2H3/t10-/m0/s1. The van der Waals surface area contributed by atoms with Gasteiger partial charge in [-0.3, -0.25) is 0 Å². The minimum absolute atomic E-state index is 0.521. The summed E-state index contributed by atoms with van der Waals surface area (Å²) in [5, 5.41) is 9.54. The van der Waals surface area contributed by atoms with Gasteiger partial charge < -0.3 is 5.11 Å². The number of thioether (sulfide) groups is 1. The molecule has 0 aliphatic carbocycles. The Morgan fingerprint density at radius 3 is 2.84 bits per heavy atom. The quantitative estimate of drug-likeness (QED) is 0.859. The maximum absolute atomic E-state index is 9.54. The summed E-state index contributed by atoms with van der Waals surface area (Å²) in [4.78, 5) is 9.90. The molecule has 3 nitrogen and oxygen atoms in total. The Labute approximate surface area is 125 Å². The summed E-state index contributed by atoms with van der Waals surface area (Å²) in [5.41, 5.74) is 1.63. The molecule has 5 heteroatoms. The van der Waals surface area contributed by atoms with Crippen molar-refractivity contribution in [3.63, 3.8) is 0 Å². The minimum atomic E-state index is -0.521. The number of aliphatic hydroxyl groups is 1. The third-order valence-electron chi connectivity index (χ3n) is 2.68. The van der Waals surface area contributed by atoms with Crippen molar-refractivity contribution in [3.05, 3.63) is 52.0 Å². The predicted octanol–water partition coefficient (Wildman–Crippen LogP) is 3.89. The van der Waals surface area contributed by atoms with E-state index >= 15 is 0 Å². The molecule has 0 aliphatic rings. The van der Waals surface area contributed by atoms with Crippen LogP contribution in [0.1, 0.15) is 30.1 Å². The molecule has 0 fully saturated rings. The molecule has 0 radical (unpaired) electrons. The van der Waals surface area contributed by atoms with Crippen LogP contribution in [0.15, 0.2) is 39.8 Å². The van der Waals surface area contributed by atoms with Crippen LogP contribution >= 0.6 is 27.7 Å². The average Bonchev–Trinajstić information content (AvgIpc) is 2.36. The lowest BCUT2D eigenvalue weighted by molar-refractivity contribution is 0.197. The highest BCUT2D eigenvalue weighted by molar-refractivity contribution is 9.10. The van der Waals surface area contributed by atoms with E-state index in [-0.39, 0.29) is 0 Å². The molecular weight excluding hydrogens is 324 g/mol. The minimum Gasteiger partial charge on any atom is -0.389 e. The largest absolute Gasteiger partial charge is 0.389 e. The van der Waals surface area contributed by atoms with Crippen LogP contribution in [0.3, 0.4) is 0 Å². The maximum atomic E-state index is 9.54. The zero-order valence-corrected chi connectivity index (χ0v) is 13.2. The Bertz CT molecular complexity index is 575. The fourth-order valence-corrected chi connectivity index (χ4v) is 3.08. The van der Waals surface area contributed by atoms with Crippen LogP contribution in [0, 0.1) is 6.92 Å². The predicted molar refractivity (Wildman–Crippen MR) is 81.1 cm³/mol. The van der Waals surface area contributed by atoms with Gasteiger partial charge in [0, 0.05) is 26.8 Å². The monoisotopic (exact) mass is 338 g/mol. The number of benzene rings is 1. The molecule has 0 saturated carbocycles. The Kier molecular flexibility index (Phi) is 4.96. The number of aliphatic hydroxyl groups excluding tert-OH is 1. The fourth-order valence-electron chi connectivity index (χ4n) is 1.71. The lowest BCUT2D eigenvalue weighted by Crippen LogP contribution is -2.02. The Balaban J connectivity index is 2.06. The molecule has 2 aromatic rings. The fraction of sp³-hybridized carbons (Fsp3) is 0.286. The van der Waals surface area contributed by atoms with Crippen molar-refractivity contribution >= 4 is 27.7 Å². The van der Waals surface area contributed by atoms with Crippen molar-refractivity contribution in [1.29, 1.82) is 0 Å². The van der Waals surface area contributed by atoms with E-state index in [1.807, 2.05) is 19.1 Å². The van der Waals surface area contributed by atoms with Crippen molar-refractivity contribution in [1.82, 2.24) is 9.97 Å². The van der Waals surface area contributed by atoms with Crippen LogP contribution in [0.2, 0.25) is 0 Å². The highest BCUT2D eigenvalue weighted by Gasteiger charge is 2.08. The summed E-state index contributed by atoms with van der Waals surface area (Å²) in [5.74, 6) is 1.50. The van der Waals surface area contributed by atoms with E-state index in [9.17, 15) is 5.11 Å². The highest BCUT2D eigenvalue weighted by atomic mass is 79.9. The number of halogens is 1. The third-order valence-corrected chi connectivity index (χ3v) is 4.16. The first-order chi connectivity index (χ1) is 9.06. The summed E-state index contributed by atoms with van der Waals surface area (Å²) in [6, 6.07) is 8.14. The molecular formula is C14H15BrN2OS. The van der Waals surface area contributed by atoms with E-state index < -0.39 is 6.10 Å². The van der Waals surface area contributed by atoms with Crippen LogP contribution in [-0.2, 0) is 5.75 Å². The molecule has 0 spiro atoms. The molecule has 0 aliphatic heterocycles. The first kappa shape index (κ1) is 14.5. The Hall–Kier alpha value is -0.910. The van der Waals surface area contributed by atoms with E-state index in [0.717, 1.165) is 27.3 Å². The number of nitrogens with zero attached hydrogens (tertiary/aromatic N) is 2. The van der Waals surface area contributed by atoms with Crippen LogP contribution in [0.25, 0.3) is 0 Å². The summed E-state index contributed by atoms with van der Waals surface area (Å²) in [6.07, 6.45) is 1.19. The number of rotatable bonds is 4. The molecule has 0 amide bonds. The number of aromatic nitrogens is 2. The van der Waals surface area contributed by atoms with E-state index in [2.05, 4.69) is 38.0 Å². The first-order valence-electron chi connectivity index (χ1n) is 5.95. The van der Waals surface area contributed by atoms with Crippen molar-refractivity contribution < 1.29 is 5.11 Å². The topological polar surface area (TPSA) is 46.0 Å². The molecule has 2 rings (SSSR count). The summed E-state index contributed by atoms with van der Waals surface area (Å²) < 4.78 is 1.07. The highest BCUT2D eigenvalue weighted by Crippen LogP contribution is 2.24. The van der Waals surface area contributed by atoms with E-state index in [4.69, 9.17) is 0 Å². The lowest BCUT2D eigenvalue weighted by atomic mass is 10.1. The van der Waals surface area contributed by atoms with Gasteiger partial charge in [0.25, 0.3) is 0 Å². The molecule has 100 valence electrons. The Morgan fingerprint density at radius 1 is 1.42 bits per heavy atom. The molecule has 0 bridgehead atoms. The summed E-state index contributed by atoms with van der Waals surface area (Å²) >= 11 is 5.15. The van der Waals surface area contributed by atoms with Gasteiger partial charge in [0.1, 0.15) is 5.82 Å². The molecule has 0 unspecified atom stereocenters. The van der Waals surface area contributed by atoms with E-state index in [0.29, 0.717) is 0 Å². The molecule has 19 heavy (non-hydrogen) atoms. The second-order valence-electron chi connectivity index (χ2n) is 4.25. The Morgan fingerprint density at radius 2 is 2.21 bits per heavy atom. The normalized spacial score (nSPS) is 12.4. The van der Waals surface area contributed by atoms with Crippen molar-refractivity contribution in [2.75, 3.05) is 0 Å². The van der Waals surface area contributed by atoms with Gasteiger partial charge in [-0.25, -0.2) is 9.97 Å². The van der Waals surface area contributed by atoms with Gasteiger partial charge >= 0.3 is 0 Å². The number of aryl methyl sites for hydroxylation is 1. The van der Waals surface area contributed by atoms with Gasteiger partial charge in [-0.2, -0.15) is 0 Å². The molecule has 1 aromatic heterocycles. The van der Waals surface area contributed by atoms with Crippen LogP contribution < -0.4 is 0 Å². The van der Waals surface area contributed by atoms with Crippen molar-refractivity contribution in [2.45, 2.75) is 30.6 Å². The SMILES string of the molecule is Cc1nc(CSc2cccc(Br)c2)ncc1[C@H](C)O. The zero-order chi connectivity index (χ0) is 13.8. The van der Waals surface area contributed by atoms with Crippen molar-refractivity contribution in [2.24, 2.45) is 0 Å². The van der Waals surface area contributed by atoms with E-state index in [1.165, 1.54) is 4.90 Å². The van der Waals surface area contributed by atoms with E-state index in [1.54, 1.807) is 24.9 Å². The van der Waals surface area contributed by atoms with Gasteiger partial charge in [0.05, 0.1) is 11.9 Å². The second-order valence-corrected chi connectivity index (χ2v) is 6.21. The first-order valence-corrected chi connectivity index (χ1v) is 7.73. The zero-order valence-electron chi connectivity index (χ0n) is 10.8. The van der Waals surface area contributed by atoms with Gasteiger partial charge in [-0.15, -0.1) is 11.8 Å². The van der Waals surface area contributed by atoms with Crippen molar-refractivity contribution in [3.8, 4) is 0 Å². The third kappa shape index (κ3) is 4.03. The van der Waals surface area contributed by atoms with Gasteiger partial charge in [0.15, 0.2) is 0 Å². The molecule has 1 N–H and O–H groups in total. The van der Waals surface area contributed by atoms with Gasteiger partial charge in [0.2, 0.25) is 0 Å². The van der Waals surface area contributed by atoms with Gasteiger partial charge in [-0.1, -0.05) is 22.0 Å². The number of hydrogen-bond acceptors (Lipinski definition) is 4. The molecule has 1 aromatic carbocycles. The second kappa shape index (κ2) is 6.50. The van der Waals surface area contributed by atoms with Crippen LogP contribution in [0.5, 0.6) is 0 Å². The lowest BCUT2D eigenvalue weighted by Gasteiger charge is -2.09. The summed E-state index contributed by atoms with van der Waals surface area (Å²) in [7, 11) is 0. The number of hydrogen-bond donors (Lipinski definition) is 1. The van der Waals surface area contributed by atoms with Gasteiger partial charge in [-0.05, 0) is 32.0 Å². The molecule has 0 saturated heterocycles. The average molecular weight is 339 g/mol. The van der Waals surface area contributed by atoms with Crippen LogP contribution in [-0.4, -0.2) is 15.1 Å². The molecule has 1 atom stereocenters. The smallest absolute Gasteiger partial charge is 0.138 e.